The molecule has 0 aliphatic heterocycles. The van der Waals surface area contributed by atoms with E-state index in [-0.39, 0.29) is 11.9 Å². The van der Waals surface area contributed by atoms with E-state index in [0.29, 0.717) is 30.3 Å². The predicted octanol–water partition coefficient (Wildman–Crippen LogP) is 3.68. The van der Waals surface area contributed by atoms with Gasteiger partial charge >= 0.3 is 0 Å². The van der Waals surface area contributed by atoms with E-state index in [4.69, 9.17) is 9.47 Å². The normalized spacial score (nSPS) is 11.7. The van der Waals surface area contributed by atoms with Crippen LogP contribution in [0.5, 0.6) is 11.5 Å². The highest BCUT2D eigenvalue weighted by Gasteiger charge is 2.14. The molecule has 5 heteroatoms. The molecule has 0 spiro atoms. The second-order valence-corrected chi connectivity index (χ2v) is 5.46. The van der Waals surface area contributed by atoms with Crippen molar-refractivity contribution in [3.63, 3.8) is 0 Å². The van der Waals surface area contributed by atoms with Crippen molar-refractivity contribution in [1.82, 2.24) is 10.3 Å². The van der Waals surface area contributed by atoms with E-state index >= 15 is 0 Å². The summed E-state index contributed by atoms with van der Waals surface area (Å²) in [5, 5.41) is 2.98. The summed E-state index contributed by atoms with van der Waals surface area (Å²) in [6.07, 6.45) is 1.58. The summed E-state index contributed by atoms with van der Waals surface area (Å²) < 4.78 is 11.2. The molecule has 1 aromatic heterocycles. The van der Waals surface area contributed by atoms with Gasteiger partial charge in [-0.1, -0.05) is 6.07 Å². The molecule has 0 saturated heterocycles. The first-order chi connectivity index (χ1) is 11.5. The molecule has 1 unspecified atom stereocenters. The molecule has 128 valence electrons. The van der Waals surface area contributed by atoms with Crippen LogP contribution in [-0.4, -0.2) is 24.1 Å². The number of hydrogen-bond donors (Lipinski definition) is 1. The molecule has 0 fully saturated rings. The highest BCUT2D eigenvalue weighted by molar-refractivity contribution is 5.94. The SMILES string of the molecule is CCOc1ccc(C(C)NC(=O)c2ccc(C)nc2)cc1OCC. The van der Waals surface area contributed by atoms with Gasteiger partial charge in [0.25, 0.3) is 5.91 Å². The van der Waals surface area contributed by atoms with Crippen LogP contribution in [0, 0.1) is 6.92 Å². The lowest BCUT2D eigenvalue weighted by Crippen LogP contribution is -2.26. The number of pyridine rings is 1. The fourth-order valence-corrected chi connectivity index (χ4v) is 2.30. The van der Waals surface area contributed by atoms with Gasteiger partial charge in [0.2, 0.25) is 0 Å². The van der Waals surface area contributed by atoms with E-state index in [9.17, 15) is 4.79 Å². The smallest absolute Gasteiger partial charge is 0.253 e. The number of carbonyl (C=O) groups is 1. The van der Waals surface area contributed by atoms with Crippen LogP contribution in [0.2, 0.25) is 0 Å². The largest absolute Gasteiger partial charge is 0.490 e. The van der Waals surface area contributed by atoms with E-state index in [1.807, 2.05) is 52.0 Å². The molecule has 0 saturated carbocycles. The minimum absolute atomic E-state index is 0.151. The Morgan fingerprint density at radius 2 is 1.83 bits per heavy atom. The standard InChI is InChI=1S/C19H24N2O3/c1-5-23-17-10-9-15(11-18(17)24-6-2)14(4)21-19(22)16-8-7-13(3)20-12-16/h7-12,14H,5-6H2,1-4H3,(H,21,22). The number of rotatable bonds is 7. The Balaban J connectivity index is 2.13. The molecular formula is C19H24N2O3. The summed E-state index contributed by atoms with van der Waals surface area (Å²) in [5.74, 6) is 1.25. The van der Waals surface area contributed by atoms with Crippen LogP contribution in [0.4, 0.5) is 0 Å². The molecule has 2 aromatic rings. The third kappa shape index (κ3) is 4.47. The van der Waals surface area contributed by atoms with Gasteiger partial charge in [0.05, 0.1) is 24.8 Å². The molecule has 1 amide bonds. The molecule has 5 nitrogen and oxygen atoms in total. The van der Waals surface area contributed by atoms with Crippen molar-refractivity contribution in [3.05, 3.63) is 53.3 Å². The molecular weight excluding hydrogens is 304 g/mol. The van der Waals surface area contributed by atoms with E-state index in [1.165, 1.54) is 0 Å². The van der Waals surface area contributed by atoms with Crippen molar-refractivity contribution >= 4 is 5.91 Å². The second-order valence-electron chi connectivity index (χ2n) is 5.46. The zero-order valence-corrected chi connectivity index (χ0v) is 14.6. The summed E-state index contributed by atoms with van der Waals surface area (Å²) in [5.41, 5.74) is 2.38. The van der Waals surface area contributed by atoms with Crippen molar-refractivity contribution < 1.29 is 14.3 Å². The Morgan fingerprint density at radius 1 is 1.12 bits per heavy atom. The molecule has 2 rings (SSSR count). The number of benzene rings is 1. The van der Waals surface area contributed by atoms with E-state index in [2.05, 4.69) is 10.3 Å². The Bertz CT molecular complexity index is 684. The maximum absolute atomic E-state index is 12.3. The number of nitrogens with one attached hydrogen (secondary N) is 1. The minimum Gasteiger partial charge on any atom is -0.490 e. The van der Waals surface area contributed by atoms with Crippen molar-refractivity contribution in [2.45, 2.75) is 33.7 Å². The van der Waals surface area contributed by atoms with Crippen LogP contribution in [0.1, 0.15) is 48.4 Å². The number of nitrogens with zero attached hydrogens (tertiary/aromatic N) is 1. The first-order valence-electron chi connectivity index (χ1n) is 8.18. The Hall–Kier alpha value is -2.56. The van der Waals surface area contributed by atoms with Crippen LogP contribution >= 0.6 is 0 Å². The zero-order valence-electron chi connectivity index (χ0n) is 14.6. The molecule has 24 heavy (non-hydrogen) atoms. The number of amides is 1. The lowest BCUT2D eigenvalue weighted by atomic mass is 10.1. The number of aromatic nitrogens is 1. The van der Waals surface area contributed by atoms with Gasteiger partial charge in [-0.15, -0.1) is 0 Å². The van der Waals surface area contributed by atoms with Gasteiger partial charge < -0.3 is 14.8 Å². The van der Waals surface area contributed by atoms with Crippen molar-refractivity contribution in [3.8, 4) is 11.5 Å². The molecule has 0 aliphatic carbocycles. The molecule has 1 heterocycles. The Kier molecular flexibility index (Phi) is 6.18. The van der Waals surface area contributed by atoms with Gasteiger partial charge in [-0.2, -0.15) is 0 Å². The Morgan fingerprint density at radius 3 is 2.46 bits per heavy atom. The lowest BCUT2D eigenvalue weighted by Gasteiger charge is -2.17. The summed E-state index contributed by atoms with van der Waals surface area (Å²) >= 11 is 0. The van der Waals surface area contributed by atoms with Gasteiger partial charge in [0, 0.05) is 11.9 Å². The lowest BCUT2D eigenvalue weighted by molar-refractivity contribution is 0.0939. The predicted molar refractivity (Wildman–Crippen MR) is 93.6 cm³/mol. The summed E-state index contributed by atoms with van der Waals surface area (Å²) in [6, 6.07) is 9.16. The van der Waals surface area contributed by atoms with Gasteiger partial charge in [-0.05, 0) is 57.5 Å². The molecule has 0 bridgehead atoms. The molecule has 1 atom stereocenters. The highest BCUT2D eigenvalue weighted by atomic mass is 16.5. The third-order valence-corrected chi connectivity index (χ3v) is 3.59. The topological polar surface area (TPSA) is 60.5 Å². The minimum atomic E-state index is -0.159. The third-order valence-electron chi connectivity index (χ3n) is 3.59. The molecule has 1 aromatic carbocycles. The van der Waals surface area contributed by atoms with Gasteiger partial charge in [-0.3, -0.25) is 9.78 Å². The van der Waals surface area contributed by atoms with Crippen LogP contribution in [-0.2, 0) is 0 Å². The van der Waals surface area contributed by atoms with Crippen molar-refractivity contribution in [2.75, 3.05) is 13.2 Å². The monoisotopic (exact) mass is 328 g/mol. The number of carbonyl (C=O) groups excluding carboxylic acids is 1. The molecule has 1 N–H and O–H groups in total. The summed E-state index contributed by atoms with van der Waals surface area (Å²) in [6.45, 7) is 8.82. The fraction of sp³-hybridized carbons (Fsp3) is 0.368. The van der Waals surface area contributed by atoms with Crippen molar-refractivity contribution in [2.24, 2.45) is 0 Å². The summed E-state index contributed by atoms with van der Waals surface area (Å²) in [7, 11) is 0. The number of hydrogen-bond acceptors (Lipinski definition) is 4. The first-order valence-corrected chi connectivity index (χ1v) is 8.18. The van der Waals surface area contributed by atoms with Gasteiger partial charge in [0.15, 0.2) is 11.5 Å². The molecule has 0 aliphatic rings. The van der Waals surface area contributed by atoms with Crippen LogP contribution in [0.3, 0.4) is 0 Å². The molecule has 0 radical (unpaired) electrons. The maximum atomic E-state index is 12.3. The van der Waals surface area contributed by atoms with E-state index < -0.39 is 0 Å². The van der Waals surface area contributed by atoms with E-state index in [0.717, 1.165) is 11.3 Å². The summed E-state index contributed by atoms with van der Waals surface area (Å²) in [4.78, 5) is 16.5. The van der Waals surface area contributed by atoms with Crippen LogP contribution < -0.4 is 14.8 Å². The zero-order chi connectivity index (χ0) is 17.5. The first kappa shape index (κ1) is 17.8. The second kappa shape index (κ2) is 8.34. The Labute approximate surface area is 143 Å². The van der Waals surface area contributed by atoms with Gasteiger partial charge in [0.1, 0.15) is 0 Å². The quantitative estimate of drug-likeness (QED) is 0.842. The van der Waals surface area contributed by atoms with Gasteiger partial charge in [-0.25, -0.2) is 0 Å². The number of ether oxygens (including phenoxy) is 2. The maximum Gasteiger partial charge on any atom is 0.253 e. The van der Waals surface area contributed by atoms with Crippen molar-refractivity contribution in [1.29, 1.82) is 0 Å². The average molecular weight is 328 g/mol. The van der Waals surface area contributed by atoms with E-state index in [1.54, 1.807) is 12.3 Å². The fourth-order valence-electron chi connectivity index (χ4n) is 2.30. The van der Waals surface area contributed by atoms with Crippen LogP contribution in [0.15, 0.2) is 36.5 Å². The number of aryl methyl sites for hydroxylation is 1. The average Bonchev–Trinajstić information content (AvgIpc) is 2.57. The van der Waals surface area contributed by atoms with Crippen LogP contribution in [0.25, 0.3) is 0 Å². The highest BCUT2D eigenvalue weighted by Crippen LogP contribution is 2.30.